The van der Waals surface area contributed by atoms with E-state index >= 15 is 0 Å². The van der Waals surface area contributed by atoms with E-state index in [-0.39, 0.29) is 5.60 Å². The lowest BCUT2D eigenvalue weighted by Gasteiger charge is -2.34. The maximum Gasteiger partial charge on any atom is 0.104 e. The Morgan fingerprint density at radius 3 is 2.83 bits per heavy atom. The normalized spacial score (nSPS) is 45.4. The molecule has 2 aliphatic carbocycles. The summed E-state index contributed by atoms with van der Waals surface area (Å²) in [5.74, 6) is 1.88. The predicted octanol–water partition coefficient (Wildman–Crippen LogP) is 1.63. The maximum absolute atomic E-state index is 5.97. The first kappa shape index (κ1) is 8.62. The summed E-state index contributed by atoms with van der Waals surface area (Å²) in [6, 6.07) is 0. The molecule has 0 aromatic heterocycles. The molecule has 2 bridgehead atoms. The highest BCUT2D eigenvalue weighted by atomic mass is 16.5. The van der Waals surface area contributed by atoms with Gasteiger partial charge in [-0.3, -0.25) is 0 Å². The second-order valence-electron chi connectivity index (χ2n) is 4.74. The van der Waals surface area contributed by atoms with Gasteiger partial charge < -0.3 is 4.74 Å². The van der Waals surface area contributed by atoms with Crippen molar-refractivity contribution in [3.8, 4) is 0 Å². The van der Waals surface area contributed by atoms with Crippen LogP contribution in [0.25, 0.3) is 0 Å². The van der Waals surface area contributed by atoms with Crippen LogP contribution in [0.2, 0.25) is 6.32 Å². The van der Waals surface area contributed by atoms with Crippen molar-refractivity contribution >= 4 is 7.85 Å². The van der Waals surface area contributed by atoms with Gasteiger partial charge in [0, 0.05) is 6.61 Å². The summed E-state index contributed by atoms with van der Waals surface area (Å²) in [7, 11) is 2.19. The second kappa shape index (κ2) is 3.06. The third-order valence-electron chi connectivity index (χ3n) is 3.73. The number of hydrogen-bond donors (Lipinski definition) is 0. The van der Waals surface area contributed by atoms with E-state index in [1.807, 2.05) is 0 Å². The predicted molar refractivity (Wildman–Crippen MR) is 53.2 cm³/mol. The van der Waals surface area contributed by atoms with Crippen LogP contribution in [0, 0.1) is 11.8 Å². The van der Waals surface area contributed by atoms with E-state index in [9.17, 15) is 0 Å². The van der Waals surface area contributed by atoms with Crippen LogP contribution in [0.1, 0.15) is 32.6 Å². The van der Waals surface area contributed by atoms with Crippen molar-refractivity contribution in [1.29, 1.82) is 0 Å². The monoisotopic (exact) mass is 166 g/mol. The minimum Gasteiger partial charge on any atom is -0.376 e. The molecular formula is C10H19BO. The SMILES string of the molecule is BCCOC1(C)CC2CCC1C2. The van der Waals surface area contributed by atoms with E-state index in [0.717, 1.165) is 24.8 Å². The molecule has 2 fully saturated rings. The Bertz CT molecular complexity index is 171. The van der Waals surface area contributed by atoms with Crippen LogP contribution < -0.4 is 0 Å². The number of ether oxygens (including phenoxy) is 1. The average molecular weight is 166 g/mol. The summed E-state index contributed by atoms with van der Waals surface area (Å²) in [6.45, 7) is 3.28. The Hall–Kier alpha value is 0.0249. The third-order valence-corrected chi connectivity index (χ3v) is 3.73. The van der Waals surface area contributed by atoms with Gasteiger partial charge in [-0.05, 0) is 44.4 Å². The largest absolute Gasteiger partial charge is 0.376 e. The fourth-order valence-electron chi connectivity index (χ4n) is 3.07. The van der Waals surface area contributed by atoms with Gasteiger partial charge in [0.1, 0.15) is 7.85 Å². The van der Waals surface area contributed by atoms with Crippen LogP contribution in [0.5, 0.6) is 0 Å². The Kier molecular flexibility index (Phi) is 2.20. The van der Waals surface area contributed by atoms with Crippen LogP contribution in [-0.4, -0.2) is 20.1 Å². The van der Waals surface area contributed by atoms with E-state index < -0.39 is 0 Å². The third kappa shape index (κ3) is 1.30. The smallest absolute Gasteiger partial charge is 0.104 e. The molecule has 2 rings (SSSR count). The zero-order chi connectivity index (χ0) is 8.60. The highest BCUT2D eigenvalue weighted by Gasteiger charge is 2.48. The summed E-state index contributed by atoms with van der Waals surface area (Å²) < 4.78 is 5.97. The van der Waals surface area contributed by atoms with Crippen molar-refractivity contribution in [2.24, 2.45) is 11.8 Å². The lowest BCUT2D eigenvalue weighted by atomic mass is 9.85. The van der Waals surface area contributed by atoms with E-state index in [0.29, 0.717) is 0 Å². The Balaban J connectivity index is 1.93. The molecule has 0 spiro atoms. The lowest BCUT2D eigenvalue weighted by molar-refractivity contribution is -0.0634. The average Bonchev–Trinajstić information content (AvgIpc) is 2.60. The van der Waals surface area contributed by atoms with E-state index in [1.165, 1.54) is 25.7 Å². The highest BCUT2D eigenvalue weighted by molar-refractivity contribution is 6.08. The van der Waals surface area contributed by atoms with Crippen molar-refractivity contribution in [2.45, 2.75) is 44.5 Å². The summed E-state index contributed by atoms with van der Waals surface area (Å²) in [5.41, 5.74) is 0.263. The van der Waals surface area contributed by atoms with Gasteiger partial charge in [0.2, 0.25) is 0 Å². The minimum absolute atomic E-state index is 0.263. The standard InChI is InChI=1S/C10H19BO/c1-10(12-5-4-11)7-8-2-3-9(10)6-8/h8-9H,2-7,11H2,1H3. The van der Waals surface area contributed by atoms with Crippen molar-refractivity contribution in [3.05, 3.63) is 0 Å². The molecule has 12 heavy (non-hydrogen) atoms. The molecule has 2 heteroatoms. The van der Waals surface area contributed by atoms with Crippen molar-refractivity contribution in [3.63, 3.8) is 0 Å². The molecule has 0 N–H and O–H groups in total. The Labute approximate surface area is 76.3 Å². The lowest BCUT2D eigenvalue weighted by Crippen LogP contribution is -2.35. The zero-order valence-corrected chi connectivity index (χ0v) is 8.31. The van der Waals surface area contributed by atoms with Gasteiger partial charge in [-0.25, -0.2) is 0 Å². The molecule has 2 aliphatic rings. The summed E-state index contributed by atoms with van der Waals surface area (Å²) >= 11 is 0. The molecule has 0 amide bonds. The molecular weight excluding hydrogens is 147 g/mol. The van der Waals surface area contributed by atoms with Crippen LogP contribution in [0.15, 0.2) is 0 Å². The first-order valence-electron chi connectivity index (χ1n) is 5.38. The maximum atomic E-state index is 5.97. The molecule has 68 valence electrons. The van der Waals surface area contributed by atoms with Gasteiger partial charge in [0.25, 0.3) is 0 Å². The Morgan fingerprint density at radius 2 is 2.33 bits per heavy atom. The van der Waals surface area contributed by atoms with Gasteiger partial charge in [0.05, 0.1) is 5.60 Å². The summed E-state index contributed by atoms with van der Waals surface area (Å²) in [6.07, 6.45) is 6.82. The second-order valence-corrected chi connectivity index (χ2v) is 4.74. The quantitative estimate of drug-likeness (QED) is 0.579. The molecule has 1 nitrogen and oxygen atoms in total. The van der Waals surface area contributed by atoms with Crippen LogP contribution in [0.3, 0.4) is 0 Å². The Morgan fingerprint density at radius 1 is 1.50 bits per heavy atom. The molecule has 2 saturated carbocycles. The summed E-state index contributed by atoms with van der Waals surface area (Å²) in [5, 5.41) is 0. The van der Waals surface area contributed by atoms with E-state index in [1.54, 1.807) is 0 Å². The van der Waals surface area contributed by atoms with Gasteiger partial charge in [-0.1, -0.05) is 6.32 Å². The van der Waals surface area contributed by atoms with Crippen LogP contribution >= 0.6 is 0 Å². The zero-order valence-electron chi connectivity index (χ0n) is 8.31. The van der Waals surface area contributed by atoms with Crippen molar-refractivity contribution in [1.82, 2.24) is 0 Å². The first-order valence-corrected chi connectivity index (χ1v) is 5.38. The molecule has 0 aromatic carbocycles. The minimum atomic E-state index is 0.263. The van der Waals surface area contributed by atoms with Gasteiger partial charge in [-0.15, -0.1) is 0 Å². The van der Waals surface area contributed by atoms with Gasteiger partial charge in [-0.2, -0.15) is 0 Å². The molecule has 0 radical (unpaired) electrons. The van der Waals surface area contributed by atoms with Gasteiger partial charge >= 0.3 is 0 Å². The van der Waals surface area contributed by atoms with Crippen molar-refractivity contribution in [2.75, 3.05) is 6.61 Å². The fourth-order valence-corrected chi connectivity index (χ4v) is 3.07. The molecule has 3 atom stereocenters. The molecule has 0 saturated heterocycles. The highest BCUT2D eigenvalue weighted by Crippen LogP contribution is 2.52. The number of hydrogen-bond acceptors (Lipinski definition) is 1. The molecule has 3 unspecified atom stereocenters. The first-order chi connectivity index (χ1) is 5.74. The van der Waals surface area contributed by atoms with E-state index in [4.69, 9.17) is 4.74 Å². The van der Waals surface area contributed by atoms with Crippen LogP contribution in [0.4, 0.5) is 0 Å². The van der Waals surface area contributed by atoms with Crippen LogP contribution in [-0.2, 0) is 4.74 Å². The number of rotatable bonds is 3. The molecule has 0 aromatic rings. The molecule has 0 aliphatic heterocycles. The van der Waals surface area contributed by atoms with E-state index in [2.05, 4.69) is 14.8 Å². The molecule has 0 heterocycles. The topological polar surface area (TPSA) is 9.23 Å². The van der Waals surface area contributed by atoms with Crippen molar-refractivity contribution < 1.29 is 4.74 Å². The summed E-state index contributed by atoms with van der Waals surface area (Å²) in [4.78, 5) is 0. The van der Waals surface area contributed by atoms with Gasteiger partial charge in [0.15, 0.2) is 0 Å². The fraction of sp³-hybridized carbons (Fsp3) is 1.00. The number of fused-ring (bicyclic) bond motifs is 2.